The van der Waals surface area contributed by atoms with Crippen molar-refractivity contribution in [3.05, 3.63) is 22.4 Å². The zero-order valence-corrected chi connectivity index (χ0v) is 9.48. The predicted octanol–water partition coefficient (Wildman–Crippen LogP) is 1.48. The molecule has 1 amide bonds. The van der Waals surface area contributed by atoms with E-state index in [4.69, 9.17) is 0 Å². The number of thiophene rings is 1. The summed E-state index contributed by atoms with van der Waals surface area (Å²) < 4.78 is 0. The van der Waals surface area contributed by atoms with Gasteiger partial charge in [-0.25, -0.2) is 0 Å². The monoisotopic (exact) mass is 224 g/mol. The number of carbonyl (C=O) groups excluding carboxylic acids is 1. The van der Waals surface area contributed by atoms with Gasteiger partial charge in [0.25, 0.3) is 5.91 Å². The van der Waals surface area contributed by atoms with E-state index in [0.29, 0.717) is 5.92 Å². The fourth-order valence-electron chi connectivity index (χ4n) is 1.83. The van der Waals surface area contributed by atoms with E-state index < -0.39 is 0 Å². The number of nitrogens with one attached hydrogen (secondary N) is 2. The molecule has 2 N–H and O–H groups in total. The van der Waals surface area contributed by atoms with Crippen LogP contribution in [-0.4, -0.2) is 25.5 Å². The molecule has 1 aliphatic rings. The number of amides is 1. The van der Waals surface area contributed by atoms with Crippen molar-refractivity contribution in [2.45, 2.75) is 12.8 Å². The van der Waals surface area contributed by atoms with Crippen molar-refractivity contribution in [2.75, 3.05) is 19.6 Å². The van der Waals surface area contributed by atoms with Crippen LogP contribution in [0.4, 0.5) is 0 Å². The lowest BCUT2D eigenvalue weighted by Crippen LogP contribution is -2.37. The lowest BCUT2D eigenvalue weighted by atomic mass is 10.00. The molecular weight excluding hydrogens is 208 g/mol. The van der Waals surface area contributed by atoms with Crippen LogP contribution in [0.3, 0.4) is 0 Å². The third-order valence-electron chi connectivity index (χ3n) is 2.70. The Morgan fingerprint density at radius 3 is 3.27 bits per heavy atom. The van der Waals surface area contributed by atoms with Crippen LogP contribution in [0.25, 0.3) is 0 Å². The molecule has 0 unspecified atom stereocenters. The summed E-state index contributed by atoms with van der Waals surface area (Å²) in [4.78, 5) is 12.4. The summed E-state index contributed by atoms with van der Waals surface area (Å²) in [5.41, 5.74) is 0. The van der Waals surface area contributed by atoms with E-state index in [1.807, 2.05) is 17.5 Å². The lowest BCUT2D eigenvalue weighted by molar-refractivity contribution is 0.0949. The van der Waals surface area contributed by atoms with E-state index in [1.54, 1.807) is 0 Å². The summed E-state index contributed by atoms with van der Waals surface area (Å²) in [5.74, 6) is 0.665. The van der Waals surface area contributed by atoms with Gasteiger partial charge in [-0.15, -0.1) is 11.3 Å². The zero-order valence-electron chi connectivity index (χ0n) is 8.66. The van der Waals surface area contributed by atoms with E-state index in [0.717, 1.165) is 24.5 Å². The lowest BCUT2D eigenvalue weighted by Gasteiger charge is -2.22. The molecule has 0 radical (unpaired) electrons. The average Bonchev–Trinajstić information content (AvgIpc) is 2.81. The van der Waals surface area contributed by atoms with Crippen LogP contribution in [-0.2, 0) is 0 Å². The van der Waals surface area contributed by atoms with Crippen LogP contribution in [0, 0.1) is 5.92 Å². The van der Waals surface area contributed by atoms with Gasteiger partial charge in [0.2, 0.25) is 0 Å². The first-order valence-corrected chi connectivity index (χ1v) is 6.26. The molecule has 15 heavy (non-hydrogen) atoms. The number of rotatable bonds is 3. The van der Waals surface area contributed by atoms with E-state index in [9.17, 15) is 4.79 Å². The van der Waals surface area contributed by atoms with E-state index in [-0.39, 0.29) is 5.91 Å². The molecule has 3 nitrogen and oxygen atoms in total. The molecule has 4 heteroatoms. The maximum atomic E-state index is 11.6. The van der Waals surface area contributed by atoms with Crippen LogP contribution in [0.1, 0.15) is 22.5 Å². The van der Waals surface area contributed by atoms with Crippen LogP contribution in [0.2, 0.25) is 0 Å². The molecule has 0 bridgehead atoms. The van der Waals surface area contributed by atoms with Crippen LogP contribution in [0.15, 0.2) is 17.5 Å². The van der Waals surface area contributed by atoms with Crippen molar-refractivity contribution in [3.8, 4) is 0 Å². The Hall–Kier alpha value is -0.870. The van der Waals surface area contributed by atoms with Crippen molar-refractivity contribution in [2.24, 2.45) is 5.92 Å². The van der Waals surface area contributed by atoms with Gasteiger partial charge >= 0.3 is 0 Å². The summed E-state index contributed by atoms with van der Waals surface area (Å²) in [5, 5.41) is 8.26. The first-order valence-electron chi connectivity index (χ1n) is 5.38. The minimum absolute atomic E-state index is 0.0653. The first-order chi connectivity index (χ1) is 7.36. The molecule has 1 fully saturated rings. The van der Waals surface area contributed by atoms with Gasteiger partial charge in [-0.3, -0.25) is 4.79 Å². The summed E-state index contributed by atoms with van der Waals surface area (Å²) in [6.07, 6.45) is 2.44. The minimum Gasteiger partial charge on any atom is -0.351 e. The van der Waals surface area contributed by atoms with Gasteiger partial charge in [0.1, 0.15) is 0 Å². The SMILES string of the molecule is O=C(NC[C@@H]1CCCNC1)c1cccs1. The van der Waals surface area contributed by atoms with Crippen molar-refractivity contribution in [1.29, 1.82) is 0 Å². The number of hydrogen-bond donors (Lipinski definition) is 2. The number of piperidine rings is 1. The molecule has 0 aliphatic carbocycles. The summed E-state index contributed by atoms with van der Waals surface area (Å²) in [6.45, 7) is 2.95. The zero-order chi connectivity index (χ0) is 10.5. The summed E-state index contributed by atoms with van der Waals surface area (Å²) in [6, 6.07) is 3.76. The van der Waals surface area contributed by atoms with Crippen molar-refractivity contribution >= 4 is 17.2 Å². The Morgan fingerprint density at radius 2 is 2.60 bits per heavy atom. The smallest absolute Gasteiger partial charge is 0.261 e. The largest absolute Gasteiger partial charge is 0.351 e. The van der Waals surface area contributed by atoms with Crippen molar-refractivity contribution in [3.63, 3.8) is 0 Å². The highest BCUT2D eigenvalue weighted by Crippen LogP contribution is 2.10. The second kappa shape index (κ2) is 5.28. The summed E-state index contributed by atoms with van der Waals surface area (Å²) in [7, 11) is 0. The van der Waals surface area contributed by atoms with E-state index in [1.165, 1.54) is 24.2 Å². The Kier molecular flexibility index (Phi) is 3.75. The third kappa shape index (κ3) is 3.04. The quantitative estimate of drug-likeness (QED) is 0.816. The number of hydrogen-bond acceptors (Lipinski definition) is 3. The Bertz CT molecular complexity index is 304. The summed E-state index contributed by atoms with van der Waals surface area (Å²) >= 11 is 1.49. The standard InChI is InChI=1S/C11H16N2OS/c14-11(10-4-2-6-15-10)13-8-9-3-1-5-12-7-9/h2,4,6,9,12H,1,3,5,7-8H2,(H,13,14)/t9-/m1/s1. The van der Waals surface area contributed by atoms with Gasteiger partial charge in [0, 0.05) is 6.54 Å². The van der Waals surface area contributed by atoms with Crippen LogP contribution in [0.5, 0.6) is 0 Å². The molecule has 0 spiro atoms. The predicted molar refractivity (Wildman–Crippen MR) is 62.2 cm³/mol. The van der Waals surface area contributed by atoms with Crippen molar-refractivity contribution < 1.29 is 4.79 Å². The van der Waals surface area contributed by atoms with Gasteiger partial charge in [-0.2, -0.15) is 0 Å². The van der Waals surface area contributed by atoms with Crippen LogP contribution < -0.4 is 10.6 Å². The Morgan fingerprint density at radius 1 is 1.67 bits per heavy atom. The molecule has 1 aromatic heterocycles. The highest BCUT2D eigenvalue weighted by molar-refractivity contribution is 7.12. The molecular formula is C11H16N2OS. The Balaban J connectivity index is 1.75. The molecule has 1 atom stereocenters. The molecule has 1 aromatic rings. The first kappa shape index (κ1) is 10.6. The topological polar surface area (TPSA) is 41.1 Å². The molecule has 0 saturated carbocycles. The Labute approximate surface area is 93.9 Å². The van der Waals surface area contributed by atoms with Gasteiger partial charge in [-0.1, -0.05) is 6.07 Å². The van der Waals surface area contributed by atoms with Gasteiger partial charge < -0.3 is 10.6 Å². The second-order valence-electron chi connectivity index (χ2n) is 3.90. The maximum Gasteiger partial charge on any atom is 0.261 e. The highest BCUT2D eigenvalue weighted by Gasteiger charge is 2.14. The molecule has 0 aromatic carbocycles. The molecule has 1 aliphatic heterocycles. The normalized spacial score (nSPS) is 21.2. The number of carbonyl (C=O) groups is 1. The molecule has 2 heterocycles. The average molecular weight is 224 g/mol. The maximum absolute atomic E-state index is 11.6. The van der Waals surface area contributed by atoms with Crippen LogP contribution >= 0.6 is 11.3 Å². The molecule has 82 valence electrons. The van der Waals surface area contributed by atoms with Gasteiger partial charge in [0.05, 0.1) is 4.88 Å². The van der Waals surface area contributed by atoms with E-state index >= 15 is 0 Å². The molecule has 1 saturated heterocycles. The van der Waals surface area contributed by atoms with Gasteiger partial charge in [0.15, 0.2) is 0 Å². The fraction of sp³-hybridized carbons (Fsp3) is 0.545. The van der Waals surface area contributed by atoms with Crippen molar-refractivity contribution in [1.82, 2.24) is 10.6 Å². The highest BCUT2D eigenvalue weighted by atomic mass is 32.1. The fourth-order valence-corrected chi connectivity index (χ4v) is 2.47. The third-order valence-corrected chi connectivity index (χ3v) is 3.56. The van der Waals surface area contributed by atoms with E-state index in [2.05, 4.69) is 10.6 Å². The molecule has 2 rings (SSSR count). The minimum atomic E-state index is 0.0653. The second-order valence-corrected chi connectivity index (χ2v) is 4.85. The van der Waals surface area contributed by atoms with Gasteiger partial charge in [-0.05, 0) is 43.3 Å².